The SMILES string of the molecule is COc1ccc(-c2nc(C(C)(C)C)[nH]c2-c2cccnc2)cc1. The average Bonchev–Trinajstić information content (AvgIpc) is 3.01. The van der Waals surface area contributed by atoms with Gasteiger partial charge in [0.05, 0.1) is 18.5 Å². The van der Waals surface area contributed by atoms with E-state index in [4.69, 9.17) is 9.72 Å². The first-order chi connectivity index (χ1) is 11.0. The summed E-state index contributed by atoms with van der Waals surface area (Å²) in [6.07, 6.45) is 3.63. The Labute approximate surface area is 136 Å². The second kappa shape index (κ2) is 5.88. The molecule has 1 aromatic carbocycles. The summed E-state index contributed by atoms with van der Waals surface area (Å²) in [5.41, 5.74) is 3.96. The number of pyridine rings is 1. The summed E-state index contributed by atoms with van der Waals surface area (Å²) < 4.78 is 5.24. The third kappa shape index (κ3) is 3.11. The van der Waals surface area contributed by atoms with Gasteiger partial charge >= 0.3 is 0 Å². The summed E-state index contributed by atoms with van der Waals surface area (Å²) in [6, 6.07) is 11.9. The lowest BCUT2D eigenvalue weighted by Gasteiger charge is -2.14. The Kier molecular flexibility index (Phi) is 3.90. The van der Waals surface area contributed by atoms with Crippen molar-refractivity contribution in [3.63, 3.8) is 0 Å². The van der Waals surface area contributed by atoms with E-state index in [-0.39, 0.29) is 5.41 Å². The van der Waals surface area contributed by atoms with E-state index in [9.17, 15) is 0 Å². The number of nitrogens with zero attached hydrogens (tertiary/aromatic N) is 2. The lowest BCUT2D eigenvalue weighted by molar-refractivity contribution is 0.415. The Morgan fingerprint density at radius 2 is 1.74 bits per heavy atom. The molecule has 4 heteroatoms. The number of aromatic nitrogens is 3. The van der Waals surface area contributed by atoms with Gasteiger partial charge in [-0.25, -0.2) is 4.98 Å². The molecule has 4 nitrogen and oxygen atoms in total. The summed E-state index contributed by atoms with van der Waals surface area (Å²) >= 11 is 0. The molecule has 3 rings (SSSR count). The second-order valence-electron chi connectivity index (χ2n) is 6.53. The summed E-state index contributed by atoms with van der Waals surface area (Å²) in [5.74, 6) is 1.80. The Hall–Kier alpha value is -2.62. The van der Waals surface area contributed by atoms with E-state index in [1.54, 1.807) is 13.3 Å². The maximum atomic E-state index is 5.24. The fourth-order valence-corrected chi connectivity index (χ4v) is 2.41. The molecule has 3 aromatic rings. The molecule has 0 saturated heterocycles. The maximum Gasteiger partial charge on any atom is 0.118 e. The lowest BCUT2D eigenvalue weighted by Crippen LogP contribution is -2.13. The van der Waals surface area contributed by atoms with Crippen LogP contribution in [-0.2, 0) is 5.41 Å². The van der Waals surface area contributed by atoms with Crippen molar-refractivity contribution in [3.05, 3.63) is 54.6 Å². The van der Waals surface area contributed by atoms with Crippen molar-refractivity contribution < 1.29 is 4.74 Å². The van der Waals surface area contributed by atoms with Gasteiger partial charge in [0.15, 0.2) is 0 Å². The summed E-state index contributed by atoms with van der Waals surface area (Å²) in [7, 11) is 1.67. The van der Waals surface area contributed by atoms with Gasteiger partial charge in [0.25, 0.3) is 0 Å². The molecule has 0 aliphatic rings. The average molecular weight is 307 g/mol. The molecular weight excluding hydrogens is 286 g/mol. The summed E-state index contributed by atoms with van der Waals surface area (Å²) in [6.45, 7) is 6.45. The van der Waals surface area contributed by atoms with Gasteiger partial charge in [-0.15, -0.1) is 0 Å². The molecule has 0 saturated carbocycles. The highest BCUT2D eigenvalue weighted by Gasteiger charge is 2.22. The van der Waals surface area contributed by atoms with E-state index < -0.39 is 0 Å². The molecule has 0 aliphatic carbocycles. The van der Waals surface area contributed by atoms with E-state index in [1.165, 1.54) is 0 Å². The van der Waals surface area contributed by atoms with Crippen LogP contribution in [0.4, 0.5) is 0 Å². The van der Waals surface area contributed by atoms with Crippen molar-refractivity contribution in [2.45, 2.75) is 26.2 Å². The third-order valence-electron chi connectivity index (χ3n) is 3.73. The van der Waals surface area contributed by atoms with Crippen LogP contribution in [0, 0.1) is 0 Å². The van der Waals surface area contributed by atoms with Gasteiger partial charge in [-0.3, -0.25) is 4.98 Å². The predicted octanol–water partition coefficient (Wildman–Crippen LogP) is 4.44. The number of imidazole rings is 1. The Bertz CT molecular complexity index is 784. The number of aromatic amines is 1. The van der Waals surface area contributed by atoms with Crippen molar-refractivity contribution in [1.82, 2.24) is 15.0 Å². The number of nitrogens with one attached hydrogen (secondary N) is 1. The fraction of sp³-hybridized carbons (Fsp3) is 0.263. The minimum atomic E-state index is -0.0539. The van der Waals surface area contributed by atoms with E-state index >= 15 is 0 Å². The summed E-state index contributed by atoms with van der Waals surface area (Å²) in [5, 5.41) is 0. The topological polar surface area (TPSA) is 50.8 Å². The van der Waals surface area contributed by atoms with Crippen molar-refractivity contribution >= 4 is 0 Å². The van der Waals surface area contributed by atoms with Crippen LogP contribution < -0.4 is 4.74 Å². The zero-order valence-electron chi connectivity index (χ0n) is 13.9. The first-order valence-corrected chi connectivity index (χ1v) is 7.64. The van der Waals surface area contributed by atoms with E-state index in [0.29, 0.717) is 0 Å². The van der Waals surface area contributed by atoms with Crippen LogP contribution in [0.1, 0.15) is 26.6 Å². The number of H-pyrrole nitrogens is 1. The molecule has 0 atom stereocenters. The monoisotopic (exact) mass is 307 g/mol. The van der Waals surface area contributed by atoms with Gasteiger partial charge < -0.3 is 9.72 Å². The Morgan fingerprint density at radius 3 is 2.30 bits per heavy atom. The van der Waals surface area contributed by atoms with Crippen LogP contribution in [0.2, 0.25) is 0 Å². The van der Waals surface area contributed by atoms with Gasteiger partial charge in [-0.1, -0.05) is 20.8 Å². The number of rotatable bonds is 3. The number of hydrogen-bond donors (Lipinski definition) is 1. The van der Waals surface area contributed by atoms with Crippen LogP contribution >= 0.6 is 0 Å². The predicted molar refractivity (Wildman–Crippen MR) is 92.5 cm³/mol. The molecule has 23 heavy (non-hydrogen) atoms. The number of ether oxygens (including phenoxy) is 1. The molecule has 0 spiro atoms. The third-order valence-corrected chi connectivity index (χ3v) is 3.73. The Balaban J connectivity index is 2.15. The van der Waals surface area contributed by atoms with Crippen molar-refractivity contribution in [2.24, 2.45) is 0 Å². The standard InChI is InChI=1S/C19H21N3O/c1-19(2,3)18-21-16(13-7-9-15(23-4)10-8-13)17(22-18)14-6-5-11-20-12-14/h5-12H,1-4H3,(H,21,22). The molecule has 2 aromatic heterocycles. The van der Waals surface area contributed by atoms with Crippen molar-refractivity contribution in [2.75, 3.05) is 7.11 Å². The highest BCUT2D eigenvalue weighted by Crippen LogP contribution is 2.33. The second-order valence-corrected chi connectivity index (χ2v) is 6.53. The Morgan fingerprint density at radius 1 is 1.00 bits per heavy atom. The molecule has 0 radical (unpaired) electrons. The van der Waals surface area contributed by atoms with E-state index in [1.807, 2.05) is 42.6 Å². The molecule has 118 valence electrons. The van der Waals surface area contributed by atoms with Gasteiger partial charge in [-0.05, 0) is 36.4 Å². The molecule has 0 fully saturated rings. The molecule has 0 unspecified atom stereocenters. The minimum absolute atomic E-state index is 0.0539. The van der Waals surface area contributed by atoms with E-state index in [0.717, 1.165) is 34.1 Å². The number of benzene rings is 1. The molecule has 1 N–H and O–H groups in total. The van der Waals surface area contributed by atoms with Crippen molar-refractivity contribution in [3.8, 4) is 28.3 Å². The normalized spacial score (nSPS) is 11.5. The smallest absolute Gasteiger partial charge is 0.118 e. The highest BCUT2D eigenvalue weighted by atomic mass is 16.5. The lowest BCUT2D eigenvalue weighted by atomic mass is 9.96. The highest BCUT2D eigenvalue weighted by molar-refractivity contribution is 5.78. The largest absolute Gasteiger partial charge is 0.497 e. The molecular formula is C19H21N3O. The van der Waals surface area contributed by atoms with Crippen LogP contribution in [-0.4, -0.2) is 22.1 Å². The molecule has 0 amide bonds. The van der Waals surface area contributed by atoms with Gasteiger partial charge in [0.1, 0.15) is 11.6 Å². The van der Waals surface area contributed by atoms with Crippen LogP contribution in [0.15, 0.2) is 48.8 Å². The zero-order chi connectivity index (χ0) is 16.4. The fourth-order valence-electron chi connectivity index (χ4n) is 2.41. The zero-order valence-corrected chi connectivity index (χ0v) is 13.9. The first kappa shape index (κ1) is 15.3. The summed E-state index contributed by atoms with van der Waals surface area (Å²) in [4.78, 5) is 12.6. The quantitative estimate of drug-likeness (QED) is 0.778. The molecule has 0 bridgehead atoms. The van der Waals surface area contributed by atoms with Gasteiger partial charge in [0, 0.05) is 28.9 Å². The van der Waals surface area contributed by atoms with Crippen LogP contribution in [0.25, 0.3) is 22.5 Å². The number of hydrogen-bond acceptors (Lipinski definition) is 3. The minimum Gasteiger partial charge on any atom is -0.497 e. The van der Waals surface area contributed by atoms with Crippen molar-refractivity contribution in [1.29, 1.82) is 0 Å². The van der Waals surface area contributed by atoms with Crippen LogP contribution in [0.3, 0.4) is 0 Å². The molecule has 0 aliphatic heterocycles. The van der Waals surface area contributed by atoms with E-state index in [2.05, 4.69) is 30.7 Å². The first-order valence-electron chi connectivity index (χ1n) is 7.64. The maximum absolute atomic E-state index is 5.24. The molecule has 2 heterocycles. The number of methoxy groups -OCH3 is 1. The van der Waals surface area contributed by atoms with Gasteiger partial charge in [0.2, 0.25) is 0 Å². The van der Waals surface area contributed by atoms with Crippen LogP contribution in [0.5, 0.6) is 5.75 Å². The van der Waals surface area contributed by atoms with Gasteiger partial charge in [-0.2, -0.15) is 0 Å².